The first-order chi connectivity index (χ1) is 9.12. The van der Waals surface area contributed by atoms with Crippen molar-refractivity contribution in [2.24, 2.45) is 18.4 Å². The number of hydrogen-bond acceptors (Lipinski definition) is 1. The van der Waals surface area contributed by atoms with Crippen LogP contribution in [0.3, 0.4) is 0 Å². The molecule has 0 unspecified atom stereocenters. The number of benzene rings is 1. The lowest BCUT2D eigenvalue weighted by Gasteiger charge is -2.19. The zero-order valence-electron chi connectivity index (χ0n) is 12.2. The Bertz CT molecular complexity index is 576. The van der Waals surface area contributed by atoms with Gasteiger partial charge in [0.2, 0.25) is 0 Å². The van der Waals surface area contributed by atoms with Crippen molar-refractivity contribution < 1.29 is 0 Å². The molecule has 0 aliphatic heterocycles. The van der Waals surface area contributed by atoms with Gasteiger partial charge < -0.3 is 9.88 Å². The highest BCUT2D eigenvalue weighted by molar-refractivity contribution is 5.83. The quantitative estimate of drug-likeness (QED) is 0.863. The van der Waals surface area contributed by atoms with Crippen LogP contribution in [0.4, 0.5) is 0 Å². The number of aryl methyl sites for hydroxylation is 1. The molecule has 0 radical (unpaired) electrons. The molecule has 1 aliphatic carbocycles. The Morgan fingerprint density at radius 3 is 2.68 bits per heavy atom. The van der Waals surface area contributed by atoms with Crippen LogP contribution in [0.5, 0.6) is 0 Å². The van der Waals surface area contributed by atoms with E-state index < -0.39 is 0 Å². The average molecular weight is 256 g/mol. The summed E-state index contributed by atoms with van der Waals surface area (Å²) in [6.07, 6.45) is 5.05. The highest BCUT2D eigenvalue weighted by Gasteiger charge is 2.44. The molecule has 0 saturated heterocycles. The van der Waals surface area contributed by atoms with Gasteiger partial charge in [0.1, 0.15) is 0 Å². The van der Waals surface area contributed by atoms with Crippen LogP contribution in [0.25, 0.3) is 10.9 Å². The fourth-order valence-corrected chi connectivity index (χ4v) is 3.13. The number of para-hydroxylation sites is 1. The van der Waals surface area contributed by atoms with E-state index >= 15 is 0 Å². The molecule has 1 fully saturated rings. The minimum atomic E-state index is 0.588. The SMILES string of the molecule is CC(C)C1(CNCc2cn(C)c3ccccc23)CC1. The first-order valence-corrected chi connectivity index (χ1v) is 7.36. The number of nitrogens with one attached hydrogen (secondary N) is 1. The molecule has 102 valence electrons. The lowest BCUT2D eigenvalue weighted by molar-refractivity contribution is 0.338. The fourth-order valence-electron chi connectivity index (χ4n) is 3.13. The molecule has 0 atom stereocenters. The third-order valence-electron chi connectivity index (χ3n) is 4.89. The minimum Gasteiger partial charge on any atom is -0.350 e. The molecule has 0 amide bonds. The summed E-state index contributed by atoms with van der Waals surface area (Å²) in [5.41, 5.74) is 3.33. The van der Waals surface area contributed by atoms with Gasteiger partial charge in [0.05, 0.1) is 0 Å². The zero-order valence-corrected chi connectivity index (χ0v) is 12.2. The second kappa shape index (κ2) is 4.68. The molecule has 0 bridgehead atoms. The predicted octanol–water partition coefficient (Wildman–Crippen LogP) is 3.70. The topological polar surface area (TPSA) is 17.0 Å². The maximum atomic E-state index is 3.68. The summed E-state index contributed by atoms with van der Waals surface area (Å²) in [5.74, 6) is 0.799. The van der Waals surface area contributed by atoms with Gasteiger partial charge in [-0.1, -0.05) is 32.0 Å². The van der Waals surface area contributed by atoms with Crippen LogP contribution in [0.2, 0.25) is 0 Å². The molecule has 1 saturated carbocycles. The Morgan fingerprint density at radius 2 is 2.00 bits per heavy atom. The summed E-state index contributed by atoms with van der Waals surface area (Å²) in [6.45, 7) is 6.85. The van der Waals surface area contributed by atoms with Crippen molar-refractivity contribution in [1.82, 2.24) is 9.88 Å². The fraction of sp³-hybridized carbons (Fsp3) is 0.529. The van der Waals surface area contributed by atoms with E-state index in [1.165, 1.54) is 29.3 Å². The molecule has 1 heterocycles. The number of rotatable bonds is 5. The van der Waals surface area contributed by atoms with Gasteiger partial charge in [-0.05, 0) is 35.8 Å². The number of fused-ring (bicyclic) bond motifs is 1. The third-order valence-corrected chi connectivity index (χ3v) is 4.89. The van der Waals surface area contributed by atoms with E-state index in [0.29, 0.717) is 5.41 Å². The lowest BCUT2D eigenvalue weighted by atomic mass is 9.92. The molecule has 19 heavy (non-hydrogen) atoms. The van der Waals surface area contributed by atoms with Gasteiger partial charge in [0.25, 0.3) is 0 Å². The standard InChI is InChI=1S/C17H24N2/c1-13(2)17(8-9-17)12-18-10-14-11-19(3)16-7-5-4-6-15(14)16/h4-7,11,13,18H,8-10,12H2,1-3H3. The summed E-state index contributed by atoms with van der Waals surface area (Å²) < 4.78 is 2.22. The molecule has 1 aromatic heterocycles. The molecular formula is C17H24N2. The van der Waals surface area contributed by atoms with Gasteiger partial charge in [-0.15, -0.1) is 0 Å². The highest BCUT2D eigenvalue weighted by Crippen LogP contribution is 2.51. The van der Waals surface area contributed by atoms with Crippen LogP contribution in [-0.4, -0.2) is 11.1 Å². The van der Waals surface area contributed by atoms with Gasteiger partial charge in [0.15, 0.2) is 0 Å². The Balaban J connectivity index is 1.69. The molecule has 3 rings (SSSR count). The van der Waals surface area contributed by atoms with Crippen LogP contribution < -0.4 is 5.32 Å². The zero-order chi connectivity index (χ0) is 13.5. The van der Waals surface area contributed by atoms with E-state index in [1.807, 2.05) is 0 Å². The van der Waals surface area contributed by atoms with Gasteiger partial charge in [-0.3, -0.25) is 0 Å². The first-order valence-electron chi connectivity index (χ1n) is 7.36. The van der Waals surface area contributed by atoms with Gasteiger partial charge in [-0.25, -0.2) is 0 Å². The van der Waals surface area contributed by atoms with Crippen LogP contribution in [0, 0.1) is 11.3 Å². The first kappa shape index (κ1) is 12.7. The van der Waals surface area contributed by atoms with Gasteiger partial charge in [-0.2, -0.15) is 0 Å². The monoisotopic (exact) mass is 256 g/mol. The van der Waals surface area contributed by atoms with Crippen LogP contribution in [0.15, 0.2) is 30.5 Å². The van der Waals surface area contributed by atoms with Crippen LogP contribution in [-0.2, 0) is 13.6 Å². The Hall–Kier alpha value is -1.28. The van der Waals surface area contributed by atoms with Crippen molar-refractivity contribution in [3.63, 3.8) is 0 Å². The third kappa shape index (κ3) is 2.30. The van der Waals surface area contributed by atoms with E-state index in [-0.39, 0.29) is 0 Å². The van der Waals surface area contributed by atoms with E-state index in [9.17, 15) is 0 Å². The Labute approximate surface area is 115 Å². The highest BCUT2D eigenvalue weighted by atomic mass is 14.9. The molecule has 2 aromatic rings. The number of aromatic nitrogens is 1. The normalized spacial score (nSPS) is 17.3. The van der Waals surface area contributed by atoms with Crippen molar-refractivity contribution in [3.8, 4) is 0 Å². The van der Waals surface area contributed by atoms with Gasteiger partial charge >= 0.3 is 0 Å². The van der Waals surface area contributed by atoms with Crippen molar-refractivity contribution in [2.45, 2.75) is 33.2 Å². The minimum absolute atomic E-state index is 0.588. The summed E-state index contributed by atoms with van der Waals surface area (Å²) in [5, 5.41) is 5.06. The van der Waals surface area contributed by atoms with E-state index in [2.05, 4.69) is 61.2 Å². The Morgan fingerprint density at radius 1 is 1.26 bits per heavy atom. The largest absolute Gasteiger partial charge is 0.350 e. The summed E-state index contributed by atoms with van der Waals surface area (Å²) in [7, 11) is 2.13. The van der Waals surface area contributed by atoms with E-state index in [4.69, 9.17) is 0 Å². The Kier molecular flexibility index (Phi) is 3.14. The van der Waals surface area contributed by atoms with Crippen LogP contribution >= 0.6 is 0 Å². The maximum Gasteiger partial charge on any atom is 0.0481 e. The van der Waals surface area contributed by atoms with Crippen LogP contribution in [0.1, 0.15) is 32.3 Å². The second-order valence-electron chi connectivity index (χ2n) is 6.40. The predicted molar refractivity (Wildman–Crippen MR) is 81.1 cm³/mol. The molecule has 2 heteroatoms. The van der Waals surface area contributed by atoms with E-state index in [1.54, 1.807) is 0 Å². The summed E-state index contributed by atoms with van der Waals surface area (Å²) in [6, 6.07) is 8.65. The molecule has 1 N–H and O–H groups in total. The molecular weight excluding hydrogens is 232 g/mol. The second-order valence-corrected chi connectivity index (χ2v) is 6.40. The maximum absolute atomic E-state index is 3.68. The smallest absolute Gasteiger partial charge is 0.0481 e. The number of nitrogens with zero attached hydrogens (tertiary/aromatic N) is 1. The summed E-state index contributed by atoms with van der Waals surface area (Å²) >= 11 is 0. The average Bonchev–Trinajstić information content (AvgIpc) is 3.12. The van der Waals surface area contributed by atoms with Gasteiger partial charge in [0, 0.05) is 37.2 Å². The molecule has 1 aromatic carbocycles. The number of hydrogen-bond donors (Lipinski definition) is 1. The van der Waals surface area contributed by atoms with Crippen molar-refractivity contribution in [2.75, 3.05) is 6.54 Å². The molecule has 1 aliphatic rings. The molecule has 2 nitrogen and oxygen atoms in total. The van der Waals surface area contributed by atoms with E-state index in [0.717, 1.165) is 19.0 Å². The van der Waals surface area contributed by atoms with Crippen molar-refractivity contribution >= 4 is 10.9 Å². The molecule has 0 spiro atoms. The van der Waals surface area contributed by atoms with Crippen molar-refractivity contribution in [1.29, 1.82) is 0 Å². The summed E-state index contributed by atoms with van der Waals surface area (Å²) in [4.78, 5) is 0. The van der Waals surface area contributed by atoms with Crippen molar-refractivity contribution in [3.05, 3.63) is 36.0 Å². The lowest BCUT2D eigenvalue weighted by Crippen LogP contribution is -2.27.